The fourth-order valence-corrected chi connectivity index (χ4v) is 5.17. The number of hydrogen-bond acceptors (Lipinski definition) is 8. The van der Waals surface area contributed by atoms with E-state index in [-0.39, 0.29) is 9.79 Å². The second-order valence-corrected chi connectivity index (χ2v) is 13.5. The van der Waals surface area contributed by atoms with Gasteiger partial charge in [0.05, 0.1) is 43.2 Å². The van der Waals surface area contributed by atoms with Gasteiger partial charge < -0.3 is 13.8 Å². The lowest BCUT2D eigenvalue weighted by Crippen LogP contribution is -2.37. The number of benzene rings is 3. The summed E-state index contributed by atoms with van der Waals surface area (Å²) in [6.07, 6.45) is 8.15. The maximum atomic E-state index is 10.4. The number of aryl methyl sites for hydroxylation is 4. The quantitative estimate of drug-likeness (QED) is 0.0969. The van der Waals surface area contributed by atoms with E-state index in [1.165, 1.54) is 37.1 Å². The zero-order valence-corrected chi connectivity index (χ0v) is 28.4. The summed E-state index contributed by atoms with van der Waals surface area (Å²) < 4.78 is 74.4. The minimum atomic E-state index is -4.27. The van der Waals surface area contributed by atoms with Gasteiger partial charge in [0, 0.05) is 0 Å². The molecule has 0 unspecified atom stereocenters. The first-order chi connectivity index (χ1) is 22.1. The molecule has 4 aromatic rings. The van der Waals surface area contributed by atoms with E-state index in [1.807, 2.05) is 73.7 Å². The van der Waals surface area contributed by atoms with Crippen LogP contribution in [0.4, 0.5) is 0 Å². The van der Waals surface area contributed by atoms with Gasteiger partial charge in [-0.1, -0.05) is 35.4 Å². The Morgan fingerprint density at radius 2 is 1.38 bits per heavy atom. The number of hydrazone groups is 1. The first kappa shape index (κ1) is 36.9. The number of nitrogens with two attached hydrogens (primary N) is 1. The third-order valence-corrected chi connectivity index (χ3v) is 8.73. The number of guanidine groups is 1. The fraction of sp³-hybridized carbons (Fsp3) is 0.281. The second-order valence-electron chi connectivity index (χ2n) is 10.8. The van der Waals surface area contributed by atoms with Crippen LogP contribution in [0.3, 0.4) is 0 Å². The minimum Gasteiger partial charge on any atom is -0.744 e. The SMILES string of the molecule is Cc1ccc(S(=O)(=O)[O-])cc1.Cc1ccc(S(=O)(=O)[O-])cc1.Cn1cc[n+](C)c1COc1ccc(/C=N/NC(N)=[N+]2CCCC2)cc1. The predicted molar refractivity (Wildman–Crippen MR) is 175 cm³/mol. The molecule has 0 aliphatic carbocycles. The summed E-state index contributed by atoms with van der Waals surface area (Å²) in [7, 11) is -4.52. The van der Waals surface area contributed by atoms with Crippen LogP contribution in [-0.2, 0) is 40.9 Å². The molecule has 3 N–H and O–H groups in total. The maximum absolute atomic E-state index is 10.4. The summed E-state index contributed by atoms with van der Waals surface area (Å²) >= 11 is 0. The van der Waals surface area contributed by atoms with Crippen LogP contribution in [0.15, 0.2) is 100 Å². The molecule has 13 nitrogen and oxygen atoms in total. The molecule has 0 bridgehead atoms. The largest absolute Gasteiger partial charge is 0.744 e. The first-order valence-electron chi connectivity index (χ1n) is 14.6. The molecule has 47 heavy (non-hydrogen) atoms. The van der Waals surface area contributed by atoms with Crippen molar-refractivity contribution in [3.63, 3.8) is 0 Å². The highest BCUT2D eigenvalue weighted by Gasteiger charge is 2.13. The molecule has 15 heteroatoms. The van der Waals surface area contributed by atoms with Gasteiger partial charge in [-0.05, 0) is 80.8 Å². The number of aromatic nitrogens is 2. The summed E-state index contributed by atoms with van der Waals surface area (Å²) in [5.41, 5.74) is 11.7. The van der Waals surface area contributed by atoms with Gasteiger partial charge in [0.2, 0.25) is 0 Å². The van der Waals surface area contributed by atoms with Gasteiger partial charge in [-0.15, -0.1) is 5.10 Å². The van der Waals surface area contributed by atoms with Gasteiger partial charge in [-0.3, -0.25) is 10.3 Å². The zero-order valence-electron chi connectivity index (χ0n) is 26.7. The molecule has 1 aliphatic heterocycles. The van der Waals surface area contributed by atoms with Crippen LogP contribution in [0.2, 0.25) is 0 Å². The molecule has 252 valence electrons. The van der Waals surface area contributed by atoms with Gasteiger partial charge in [-0.2, -0.15) is 5.43 Å². The van der Waals surface area contributed by atoms with Crippen LogP contribution < -0.4 is 20.5 Å². The molecule has 0 spiro atoms. The van der Waals surface area contributed by atoms with Crippen molar-refractivity contribution in [1.29, 1.82) is 0 Å². The Morgan fingerprint density at radius 1 is 0.894 bits per heavy atom. The predicted octanol–water partition coefficient (Wildman–Crippen LogP) is 2.27. The standard InChI is InChI=1S/C18H25N6O.2C7H8O3S/c1-22-11-12-23(2)17(22)14-25-16-7-5-15(6-8-16)13-20-21-18(19)24-9-3-4-10-24;2*1-6-2-4-7(5-3-6)11(8,9)10/h5-8,11-13H,3-4,9-10,14H2,1-2H3,(H2,19,21);2*2-5H,1H3,(H,8,9,10)/q+1;;/p-1/b20-13+;;. The van der Waals surface area contributed by atoms with Crippen molar-refractivity contribution >= 4 is 32.4 Å². The normalized spacial score (nSPS) is 12.9. The number of nitrogens with one attached hydrogen (secondary N) is 1. The molecule has 0 amide bonds. The molecule has 1 aliphatic rings. The van der Waals surface area contributed by atoms with E-state index in [1.54, 1.807) is 30.5 Å². The highest BCUT2D eigenvalue weighted by Crippen LogP contribution is 2.13. The van der Waals surface area contributed by atoms with Crippen molar-refractivity contribution in [3.8, 4) is 5.75 Å². The topological polar surface area (TPSA) is 186 Å². The van der Waals surface area contributed by atoms with Gasteiger partial charge >= 0.3 is 5.96 Å². The van der Waals surface area contributed by atoms with Crippen LogP contribution >= 0.6 is 0 Å². The van der Waals surface area contributed by atoms with Gasteiger partial charge in [0.25, 0.3) is 5.82 Å². The minimum absolute atomic E-state index is 0.178. The maximum Gasteiger partial charge on any atom is 0.367 e. The molecule has 0 radical (unpaired) electrons. The van der Waals surface area contributed by atoms with Gasteiger partial charge in [0.1, 0.15) is 38.4 Å². The summed E-state index contributed by atoms with van der Waals surface area (Å²) in [5.74, 6) is 2.54. The van der Waals surface area contributed by atoms with E-state index < -0.39 is 20.2 Å². The lowest BCUT2D eigenvalue weighted by atomic mass is 10.2. The van der Waals surface area contributed by atoms with Crippen molar-refractivity contribution in [2.24, 2.45) is 24.9 Å². The average molecular weight is 685 g/mol. The third-order valence-electron chi connectivity index (χ3n) is 7.03. The molecule has 2 heterocycles. The van der Waals surface area contributed by atoms with Crippen LogP contribution in [0.25, 0.3) is 0 Å². The lowest BCUT2D eigenvalue weighted by molar-refractivity contribution is -0.680. The summed E-state index contributed by atoms with van der Waals surface area (Å²) in [5, 5.41) is 4.20. The summed E-state index contributed by atoms with van der Waals surface area (Å²) in [6.45, 7) is 6.16. The number of ether oxygens (including phenoxy) is 1. The second kappa shape index (κ2) is 16.8. The Labute approximate surface area is 276 Å². The van der Waals surface area contributed by atoms with E-state index in [4.69, 9.17) is 10.5 Å². The highest BCUT2D eigenvalue weighted by atomic mass is 32.2. The van der Waals surface area contributed by atoms with Gasteiger partial charge in [-0.25, -0.2) is 26.0 Å². The van der Waals surface area contributed by atoms with Crippen molar-refractivity contribution in [2.75, 3.05) is 13.1 Å². The Hall–Kier alpha value is -4.57. The van der Waals surface area contributed by atoms with Crippen LogP contribution in [0.1, 0.15) is 35.4 Å². The van der Waals surface area contributed by atoms with Crippen LogP contribution in [-0.4, -0.2) is 60.3 Å². The molecule has 0 atom stereocenters. The fourth-order valence-electron chi connectivity index (χ4n) is 4.23. The molecule has 0 saturated carbocycles. The van der Waals surface area contributed by atoms with Crippen molar-refractivity contribution in [2.45, 2.75) is 43.1 Å². The number of hydrogen-bond donors (Lipinski definition) is 2. The molecule has 1 fully saturated rings. The van der Waals surface area contributed by atoms with Crippen molar-refractivity contribution in [1.82, 2.24) is 9.99 Å². The molecule has 1 aromatic heterocycles. The Morgan fingerprint density at radius 3 is 1.81 bits per heavy atom. The molecular weight excluding hydrogens is 645 g/mol. The zero-order chi connectivity index (χ0) is 34.6. The number of imidazole rings is 1. The van der Waals surface area contributed by atoms with Gasteiger partial charge in [0.15, 0.2) is 6.61 Å². The molecule has 5 rings (SSSR count). The van der Waals surface area contributed by atoms with Crippen molar-refractivity contribution < 1.29 is 39.8 Å². The third kappa shape index (κ3) is 12.3. The number of rotatable bonds is 7. The van der Waals surface area contributed by atoms with E-state index in [0.29, 0.717) is 12.6 Å². The summed E-state index contributed by atoms with van der Waals surface area (Å²) in [6, 6.07) is 19.4. The van der Waals surface area contributed by atoms with Crippen molar-refractivity contribution in [3.05, 3.63) is 108 Å². The van der Waals surface area contributed by atoms with E-state index in [9.17, 15) is 25.9 Å². The van der Waals surface area contributed by atoms with Crippen LogP contribution in [0.5, 0.6) is 5.75 Å². The Kier molecular flexibility index (Phi) is 13.2. The van der Waals surface area contributed by atoms with E-state index >= 15 is 0 Å². The average Bonchev–Trinajstić information content (AvgIpc) is 3.67. The highest BCUT2D eigenvalue weighted by molar-refractivity contribution is 7.86. The molecular formula is C32H40N6O7S2. The van der Waals surface area contributed by atoms with E-state index in [0.717, 1.165) is 41.4 Å². The summed E-state index contributed by atoms with van der Waals surface area (Å²) in [4.78, 5) is -0.355. The van der Waals surface area contributed by atoms with E-state index in [2.05, 4.69) is 15.1 Å². The Bertz CT molecular complexity index is 1790. The Balaban J connectivity index is 0.000000225. The molecule has 1 saturated heterocycles. The molecule has 3 aromatic carbocycles. The van der Waals surface area contributed by atoms with Crippen LogP contribution in [0, 0.1) is 13.8 Å². The first-order valence-corrected chi connectivity index (χ1v) is 17.4. The smallest absolute Gasteiger partial charge is 0.367 e. The monoisotopic (exact) mass is 684 g/mol. The number of nitrogens with zero attached hydrogens (tertiary/aromatic N) is 4. The lowest BCUT2D eigenvalue weighted by Gasteiger charge is -2.05.